The van der Waals surface area contributed by atoms with Crippen molar-refractivity contribution in [3.8, 4) is 0 Å². The first-order chi connectivity index (χ1) is 7.54. The number of rotatable bonds is 1. The van der Waals surface area contributed by atoms with Gasteiger partial charge in [0, 0.05) is 25.2 Å². The van der Waals surface area contributed by atoms with Crippen LogP contribution in [-0.2, 0) is 12.8 Å². The monoisotopic (exact) mass is 219 g/mol. The summed E-state index contributed by atoms with van der Waals surface area (Å²) in [6, 6.07) is 1.39. The van der Waals surface area contributed by atoms with Gasteiger partial charge in [0.05, 0.1) is 5.56 Å². The van der Waals surface area contributed by atoms with Gasteiger partial charge in [0.15, 0.2) is 0 Å². The smallest absolute Gasteiger partial charge is 0.336 e. The molecule has 2 rings (SSSR count). The number of carbonyl (C=O) groups is 1. The molecule has 0 unspecified atom stereocenters. The molecule has 4 heteroatoms. The minimum atomic E-state index is -0.402. The van der Waals surface area contributed by atoms with Crippen LogP contribution in [0, 0.1) is 0 Å². The number of hydrogen-bond acceptors (Lipinski definition) is 3. The highest BCUT2D eigenvalue weighted by Crippen LogP contribution is 2.25. The van der Waals surface area contributed by atoms with E-state index in [1.54, 1.807) is 7.05 Å². The minimum absolute atomic E-state index is 0.146. The van der Waals surface area contributed by atoms with Crippen LogP contribution in [0.1, 0.15) is 28.6 Å². The molecule has 1 amide bonds. The second-order valence-electron chi connectivity index (χ2n) is 3.85. The van der Waals surface area contributed by atoms with Crippen molar-refractivity contribution in [3.63, 3.8) is 0 Å². The molecule has 1 aliphatic rings. The lowest BCUT2D eigenvalue weighted by atomic mass is 9.98. The molecule has 0 radical (unpaired) electrons. The van der Waals surface area contributed by atoms with E-state index >= 15 is 0 Å². The summed E-state index contributed by atoms with van der Waals surface area (Å²) in [4.78, 5) is 24.8. The number of fused-ring (bicyclic) bond motifs is 1. The molecule has 0 atom stereocenters. The quantitative estimate of drug-likeness (QED) is 0.716. The molecule has 0 saturated carbocycles. The molecule has 1 aliphatic heterocycles. The Hall–Kier alpha value is -1.84. The van der Waals surface area contributed by atoms with E-state index in [4.69, 9.17) is 4.42 Å². The fourth-order valence-corrected chi connectivity index (χ4v) is 1.87. The lowest BCUT2D eigenvalue weighted by Crippen LogP contribution is -2.33. The van der Waals surface area contributed by atoms with E-state index in [0.29, 0.717) is 29.9 Å². The van der Waals surface area contributed by atoms with Crippen LogP contribution in [0.25, 0.3) is 0 Å². The summed E-state index contributed by atoms with van der Waals surface area (Å²) in [5.74, 6) is 0.296. The molecule has 0 bridgehead atoms. The van der Waals surface area contributed by atoms with Gasteiger partial charge in [0.2, 0.25) is 0 Å². The highest BCUT2D eigenvalue weighted by Gasteiger charge is 2.28. The lowest BCUT2D eigenvalue weighted by molar-refractivity contribution is 0.0813. The molecule has 4 nitrogen and oxygen atoms in total. The van der Waals surface area contributed by atoms with Crippen molar-refractivity contribution >= 4 is 5.91 Å². The third-order valence-electron chi connectivity index (χ3n) is 2.85. The van der Waals surface area contributed by atoms with Crippen LogP contribution in [-0.4, -0.2) is 17.9 Å². The van der Waals surface area contributed by atoms with Gasteiger partial charge in [-0.3, -0.25) is 4.79 Å². The Morgan fingerprint density at radius 1 is 1.50 bits per heavy atom. The van der Waals surface area contributed by atoms with Crippen molar-refractivity contribution in [1.82, 2.24) is 4.90 Å². The van der Waals surface area contributed by atoms with Crippen LogP contribution in [0.3, 0.4) is 0 Å². The van der Waals surface area contributed by atoms with E-state index in [2.05, 4.69) is 6.58 Å². The van der Waals surface area contributed by atoms with Crippen LogP contribution in [0.15, 0.2) is 27.6 Å². The Kier molecular flexibility index (Phi) is 2.42. The molecule has 0 N–H and O–H groups in total. The summed E-state index contributed by atoms with van der Waals surface area (Å²) in [5.41, 5.74) is 1.52. The summed E-state index contributed by atoms with van der Waals surface area (Å²) in [5, 5.41) is 0. The van der Waals surface area contributed by atoms with Crippen molar-refractivity contribution in [3.05, 3.63) is 45.6 Å². The van der Waals surface area contributed by atoms with Gasteiger partial charge in [-0.15, -0.1) is 0 Å². The molecule has 16 heavy (non-hydrogen) atoms. The zero-order valence-electron chi connectivity index (χ0n) is 9.37. The number of hydrogen-bond donors (Lipinski definition) is 0. The lowest BCUT2D eigenvalue weighted by Gasteiger charge is -2.26. The zero-order chi connectivity index (χ0) is 11.9. The predicted molar refractivity (Wildman–Crippen MR) is 59.3 cm³/mol. The SMILES string of the molecule is C=C1Cc2oc(=O)cc(CC)c2C(=O)N1C. The summed E-state index contributed by atoms with van der Waals surface area (Å²) >= 11 is 0. The van der Waals surface area contributed by atoms with Crippen molar-refractivity contribution < 1.29 is 9.21 Å². The average molecular weight is 219 g/mol. The maximum Gasteiger partial charge on any atom is 0.336 e. The number of likely N-dealkylation sites (N-methyl/N-ethyl adjacent to an activating group) is 1. The van der Waals surface area contributed by atoms with E-state index in [0.717, 1.165) is 5.56 Å². The molecule has 0 saturated heterocycles. The van der Waals surface area contributed by atoms with E-state index < -0.39 is 5.63 Å². The van der Waals surface area contributed by atoms with Gasteiger partial charge in [-0.2, -0.15) is 0 Å². The number of carbonyl (C=O) groups excluding carboxylic acids is 1. The van der Waals surface area contributed by atoms with E-state index in [-0.39, 0.29) is 5.91 Å². The van der Waals surface area contributed by atoms with Crippen molar-refractivity contribution in [1.29, 1.82) is 0 Å². The van der Waals surface area contributed by atoms with Gasteiger partial charge in [0.25, 0.3) is 5.91 Å². The molecular weight excluding hydrogens is 206 g/mol. The van der Waals surface area contributed by atoms with Crippen LogP contribution in [0.2, 0.25) is 0 Å². The highest BCUT2D eigenvalue weighted by molar-refractivity contribution is 5.98. The first kappa shape index (κ1) is 10.7. The fraction of sp³-hybridized carbons (Fsp3) is 0.333. The number of allylic oxidation sites excluding steroid dienone is 1. The molecule has 1 aromatic rings. The predicted octanol–water partition coefficient (Wildman–Crippen LogP) is 1.34. The molecule has 1 aromatic heterocycles. The van der Waals surface area contributed by atoms with Gasteiger partial charge >= 0.3 is 5.63 Å². The molecular formula is C12H13NO3. The standard InChI is InChI=1S/C12H13NO3/c1-4-8-6-10(14)16-9-5-7(2)13(3)12(15)11(8)9/h6H,2,4-5H2,1,3H3. The maximum absolute atomic E-state index is 12.0. The Balaban J connectivity index is 2.70. The van der Waals surface area contributed by atoms with Crippen molar-refractivity contribution in [2.24, 2.45) is 0 Å². The van der Waals surface area contributed by atoms with Crippen LogP contribution < -0.4 is 5.63 Å². The Morgan fingerprint density at radius 2 is 2.19 bits per heavy atom. The Morgan fingerprint density at radius 3 is 2.81 bits per heavy atom. The van der Waals surface area contributed by atoms with Crippen LogP contribution >= 0.6 is 0 Å². The molecule has 84 valence electrons. The summed E-state index contributed by atoms with van der Waals surface area (Å²) < 4.78 is 5.07. The van der Waals surface area contributed by atoms with Gasteiger partial charge in [-0.1, -0.05) is 13.5 Å². The molecule has 0 aromatic carbocycles. The fourth-order valence-electron chi connectivity index (χ4n) is 1.87. The summed E-state index contributed by atoms with van der Waals surface area (Å²) in [7, 11) is 1.68. The second-order valence-corrected chi connectivity index (χ2v) is 3.85. The van der Waals surface area contributed by atoms with Crippen molar-refractivity contribution in [2.45, 2.75) is 19.8 Å². The molecule has 0 spiro atoms. The number of amides is 1. The summed E-state index contributed by atoms with van der Waals surface area (Å²) in [6.07, 6.45) is 1.06. The van der Waals surface area contributed by atoms with E-state index in [9.17, 15) is 9.59 Å². The van der Waals surface area contributed by atoms with Gasteiger partial charge in [0.1, 0.15) is 5.76 Å². The molecule has 0 fully saturated rings. The first-order valence-corrected chi connectivity index (χ1v) is 5.16. The average Bonchev–Trinajstić information content (AvgIpc) is 2.24. The van der Waals surface area contributed by atoms with Gasteiger partial charge in [-0.25, -0.2) is 4.79 Å². The highest BCUT2D eigenvalue weighted by atomic mass is 16.4. The third kappa shape index (κ3) is 1.46. The normalized spacial score (nSPS) is 15.2. The molecule has 0 aliphatic carbocycles. The van der Waals surface area contributed by atoms with Crippen LogP contribution in [0.4, 0.5) is 0 Å². The number of nitrogens with zero attached hydrogens (tertiary/aromatic N) is 1. The first-order valence-electron chi connectivity index (χ1n) is 5.16. The van der Waals surface area contributed by atoms with Crippen LogP contribution in [0.5, 0.6) is 0 Å². The minimum Gasteiger partial charge on any atom is -0.427 e. The van der Waals surface area contributed by atoms with Gasteiger partial charge < -0.3 is 9.32 Å². The maximum atomic E-state index is 12.0. The van der Waals surface area contributed by atoms with E-state index in [1.165, 1.54) is 11.0 Å². The van der Waals surface area contributed by atoms with E-state index in [1.807, 2.05) is 6.92 Å². The van der Waals surface area contributed by atoms with Gasteiger partial charge in [-0.05, 0) is 12.0 Å². The molecule has 2 heterocycles. The van der Waals surface area contributed by atoms with Crippen molar-refractivity contribution in [2.75, 3.05) is 7.05 Å². The Bertz CT molecular complexity index is 528. The second kappa shape index (κ2) is 3.63. The number of aryl methyl sites for hydroxylation is 1. The summed E-state index contributed by atoms with van der Waals surface area (Å²) in [6.45, 7) is 5.68. The topological polar surface area (TPSA) is 50.5 Å². The zero-order valence-corrected chi connectivity index (χ0v) is 9.37. The Labute approximate surface area is 93.2 Å². The third-order valence-corrected chi connectivity index (χ3v) is 2.85. The largest absolute Gasteiger partial charge is 0.427 e.